The third-order valence-corrected chi connectivity index (χ3v) is 4.49. The van der Waals surface area contributed by atoms with Crippen LogP contribution < -0.4 is 4.90 Å². The normalized spacial score (nSPS) is 21.3. The Balaban J connectivity index is 1.69. The van der Waals surface area contributed by atoms with Crippen LogP contribution in [0.1, 0.15) is 18.3 Å². The molecule has 0 saturated carbocycles. The summed E-state index contributed by atoms with van der Waals surface area (Å²) in [7, 11) is 0. The molecule has 1 fully saturated rings. The van der Waals surface area contributed by atoms with Crippen molar-refractivity contribution in [2.24, 2.45) is 0 Å². The molecular weight excluding hydrogens is 347 g/mol. The molecule has 1 aliphatic rings. The molecule has 0 radical (unpaired) electrons. The third-order valence-electron chi connectivity index (χ3n) is 4.49. The van der Waals surface area contributed by atoms with Gasteiger partial charge in [-0.05, 0) is 24.6 Å². The predicted molar refractivity (Wildman–Crippen MR) is 87.7 cm³/mol. The summed E-state index contributed by atoms with van der Waals surface area (Å²) in [5.74, 6) is -0.707. The van der Waals surface area contributed by atoms with Crippen LogP contribution in [0.2, 0.25) is 0 Å². The van der Waals surface area contributed by atoms with Gasteiger partial charge in [-0.25, -0.2) is 0 Å². The van der Waals surface area contributed by atoms with E-state index in [-0.39, 0.29) is 5.65 Å². The Morgan fingerprint density at radius 2 is 1.85 bits per heavy atom. The van der Waals surface area contributed by atoms with Gasteiger partial charge in [0.25, 0.3) is 5.82 Å². The van der Waals surface area contributed by atoms with Gasteiger partial charge in [-0.1, -0.05) is 30.3 Å². The summed E-state index contributed by atoms with van der Waals surface area (Å²) in [6.45, 7) is 3.41. The highest BCUT2D eigenvalue weighted by atomic mass is 19.4. The van der Waals surface area contributed by atoms with Crippen molar-refractivity contribution < 1.29 is 17.9 Å². The second-order valence-corrected chi connectivity index (χ2v) is 6.35. The van der Waals surface area contributed by atoms with Crippen molar-refractivity contribution in [1.29, 1.82) is 0 Å². The minimum atomic E-state index is -4.62. The Hall–Kier alpha value is -2.68. The summed E-state index contributed by atoms with van der Waals surface area (Å²) in [6, 6.07) is 12.9. The quantitative estimate of drug-likeness (QED) is 0.701. The van der Waals surface area contributed by atoms with E-state index in [0.717, 1.165) is 10.1 Å². The Labute approximate surface area is 147 Å². The fourth-order valence-electron chi connectivity index (χ4n) is 3.16. The van der Waals surface area contributed by atoms with Crippen LogP contribution in [0.5, 0.6) is 0 Å². The van der Waals surface area contributed by atoms with Crippen molar-refractivity contribution in [2.45, 2.75) is 18.7 Å². The van der Waals surface area contributed by atoms with Gasteiger partial charge in [-0.3, -0.25) is 0 Å². The third kappa shape index (κ3) is 2.88. The Kier molecular flexibility index (Phi) is 3.83. The number of alkyl halides is 3. The summed E-state index contributed by atoms with van der Waals surface area (Å²) in [5, 5.41) is 10.9. The van der Waals surface area contributed by atoms with Gasteiger partial charge in [0.15, 0.2) is 5.65 Å². The molecule has 1 saturated heterocycles. The Morgan fingerprint density at radius 1 is 1.08 bits per heavy atom. The van der Waals surface area contributed by atoms with Crippen molar-refractivity contribution >= 4 is 11.5 Å². The summed E-state index contributed by atoms with van der Waals surface area (Å²) in [6.07, 6.45) is -4.62. The zero-order valence-corrected chi connectivity index (χ0v) is 13.9. The highest BCUT2D eigenvalue weighted by Gasteiger charge is 2.38. The average molecular weight is 363 g/mol. The lowest BCUT2D eigenvalue weighted by Gasteiger charge is -2.41. The highest BCUT2D eigenvalue weighted by Crippen LogP contribution is 2.32. The van der Waals surface area contributed by atoms with E-state index in [1.807, 2.05) is 42.2 Å². The first-order valence-electron chi connectivity index (χ1n) is 8.11. The smallest absolute Gasteiger partial charge is 0.367 e. The number of morpholine rings is 1. The largest absolute Gasteiger partial charge is 0.453 e. The molecule has 1 aliphatic heterocycles. The van der Waals surface area contributed by atoms with Gasteiger partial charge in [0.1, 0.15) is 11.4 Å². The lowest BCUT2D eigenvalue weighted by molar-refractivity contribution is -0.146. The summed E-state index contributed by atoms with van der Waals surface area (Å²) in [5.41, 5.74) is 0.488. The van der Waals surface area contributed by atoms with Gasteiger partial charge in [0, 0.05) is 6.54 Å². The number of hydrogen-bond acceptors (Lipinski definition) is 5. The number of rotatable bonds is 2. The fourth-order valence-corrected chi connectivity index (χ4v) is 3.16. The summed E-state index contributed by atoms with van der Waals surface area (Å²) in [4.78, 5) is 1.91. The van der Waals surface area contributed by atoms with Gasteiger partial charge in [-0.2, -0.15) is 17.7 Å². The van der Waals surface area contributed by atoms with Gasteiger partial charge in [0.2, 0.25) is 0 Å². The van der Waals surface area contributed by atoms with Crippen LogP contribution in [0, 0.1) is 0 Å². The first kappa shape index (κ1) is 16.8. The van der Waals surface area contributed by atoms with Crippen LogP contribution in [0.3, 0.4) is 0 Å². The van der Waals surface area contributed by atoms with Crippen molar-refractivity contribution in [3.8, 4) is 0 Å². The van der Waals surface area contributed by atoms with Crippen molar-refractivity contribution in [3.63, 3.8) is 0 Å². The van der Waals surface area contributed by atoms with Crippen molar-refractivity contribution in [3.05, 3.63) is 53.9 Å². The van der Waals surface area contributed by atoms with Crippen molar-refractivity contribution in [2.75, 3.05) is 24.6 Å². The number of hydrogen-bond donors (Lipinski definition) is 0. The van der Waals surface area contributed by atoms with Gasteiger partial charge >= 0.3 is 6.18 Å². The van der Waals surface area contributed by atoms with Crippen LogP contribution in [0.15, 0.2) is 42.5 Å². The monoisotopic (exact) mass is 363 g/mol. The number of fused-ring (bicyclic) bond motifs is 1. The molecule has 0 N–H and O–H groups in total. The number of halogens is 3. The molecule has 1 aromatic carbocycles. The maximum atomic E-state index is 13.1. The number of nitrogens with zero attached hydrogens (tertiary/aromatic N) is 5. The second kappa shape index (κ2) is 5.94. The zero-order chi connectivity index (χ0) is 18.4. The Bertz CT molecular complexity index is 927. The number of anilines is 1. The second-order valence-electron chi connectivity index (χ2n) is 6.35. The lowest BCUT2D eigenvalue weighted by Crippen LogP contribution is -2.48. The molecule has 0 spiro atoms. The molecular formula is C17H16F3N5O. The van der Waals surface area contributed by atoms with Crippen LogP contribution in [-0.2, 0) is 16.5 Å². The molecule has 26 heavy (non-hydrogen) atoms. The summed E-state index contributed by atoms with van der Waals surface area (Å²) < 4.78 is 45.9. The van der Waals surface area contributed by atoms with E-state index in [9.17, 15) is 13.2 Å². The topological polar surface area (TPSA) is 55.6 Å². The van der Waals surface area contributed by atoms with Crippen LogP contribution in [0.25, 0.3) is 5.65 Å². The molecule has 3 heterocycles. The molecule has 1 atom stereocenters. The summed E-state index contributed by atoms with van der Waals surface area (Å²) >= 11 is 0. The van der Waals surface area contributed by atoms with Gasteiger partial charge in [0.05, 0.1) is 13.2 Å². The van der Waals surface area contributed by atoms with Crippen LogP contribution in [-0.4, -0.2) is 39.5 Å². The highest BCUT2D eigenvalue weighted by molar-refractivity contribution is 5.47. The maximum Gasteiger partial charge on any atom is 0.453 e. The molecule has 0 aliphatic carbocycles. The number of ether oxygens (including phenoxy) is 1. The number of benzene rings is 1. The predicted octanol–water partition coefficient (Wildman–Crippen LogP) is 2.90. The molecule has 6 nitrogen and oxygen atoms in total. The fraction of sp³-hybridized carbons (Fsp3) is 0.353. The molecule has 0 bridgehead atoms. The first-order valence-corrected chi connectivity index (χ1v) is 8.11. The van der Waals surface area contributed by atoms with E-state index in [1.54, 1.807) is 6.07 Å². The van der Waals surface area contributed by atoms with Crippen molar-refractivity contribution in [1.82, 2.24) is 19.8 Å². The first-order chi connectivity index (χ1) is 12.4. The molecule has 0 amide bonds. The van der Waals surface area contributed by atoms with E-state index >= 15 is 0 Å². The van der Waals surface area contributed by atoms with E-state index < -0.39 is 17.6 Å². The Morgan fingerprint density at radius 3 is 2.58 bits per heavy atom. The van der Waals surface area contributed by atoms with E-state index in [1.165, 1.54) is 6.07 Å². The maximum absolute atomic E-state index is 13.1. The lowest BCUT2D eigenvalue weighted by atomic mass is 9.94. The minimum absolute atomic E-state index is 0.0557. The molecule has 3 aromatic rings. The van der Waals surface area contributed by atoms with Gasteiger partial charge in [-0.15, -0.1) is 15.3 Å². The molecule has 136 valence electrons. The molecule has 2 aromatic heterocycles. The molecule has 4 rings (SSSR count). The molecule has 1 unspecified atom stereocenters. The minimum Gasteiger partial charge on any atom is -0.367 e. The SMILES string of the molecule is CC1(c2ccccc2)CN(c2ccc3nnc(C(F)(F)F)n3n2)CCO1. The standard InChI is InChI=1S/C17H16F3N5O/c1-16(12-5-3-2-4-6-12)11-24(9-10-26-16)14-8-7-13-21-22-15(17(18,19)20)25(13)23-14/h2-8H,9-11H2,1H3. The average Bonchev–Trinajstić information content (AvgIpc) is 3.06. The van der Waals surface area contributed by atoms with Crippen LogP contribution >= 0.6 is 0 Å². The van der Waals surface area contributed by atoms with E-state index in [2.05, 4.69) is 15.3 Å². The van der Waals surface area contributed by atoms with Crippen LogP contribution in [0.4, 0.5) is 19.0 Å². The van der Waals surface area contributed by atoms with E-state index in [4.69, 9.17) is 4.74 Å². The van der Waals surface area contributed by atoms with E-state index in [0.29, 0.717) is 25.5 Å². The number of aromatic nitrogens is 4. The van der Waals surface area contributed by atoms with Gasteiger partial charge < -0.3 is 9.64 Å². The molecule has 9 heteroatoms. The zero-order valence-electron chi connectivity index (χ0n) is 13.9.